The molecule has 6 nitrogen and oxygen atoms in total. The van der Waals surface area contributed by atoms with Crippen molar-refractivity contribution in [2.75, 3.05) is 36.1 Å². The molecule has 0 aromatic heterocycles. The maximum Gasteiger partial charge on any atom is 0.261 e. The molecule has 0 spiro atoms. The number of nitrogens with zero attached hydrogens (tertiary/aromatic N) is 2. The Morgan fingerprint density at radius 2 is 1.84 bits per heavy atom. The zero-order valence-electron chi connectivity index (χ0n) is 18.0. The van der Waals surface area contributed by atoms with Crippen molar-refractivity contribution in [2.24, 2.45) is 0 Å². The van der Waals surface area contributed by atoms with Gasteiger partial charge in [-0.3, -0.25) is 4.79 Å². The van der Waals surface area contributed by atoms with Crippen LogP contribution in [0.2, 0.25) is 5.02 Å². The van der Waals surface area contributed by atoms with Gasteiger partial charge in [0, 0.05) is 36.4 Å². The molecule has 168 valence electrons. The molecule has 3 rings (SSSR count). The maximum atomic E-state index is 13.0. The smallest absolute Gasteiger partial charge is 0.261 e. The van der Waals surface area contributed by atoms with E-state index in [9.17, 15) is 13.2 Å². The SMILES string of the molecule is CCN(CC)c1ccc(CN(C(=O)COc2cccc(Cl)c2)C2CCS(=O)(=O)C2)cc1. The van der Waals surface area contributed by atoms with Gasteiger partial charge >= 0.3 is 0 Å². The van der Waals surface area contributed by atoms with Crippen molar-refractivity contribution < 1.29 is 17.9 Å². The van der Waals surface area contributed by atoms with E-state index in [1.165, 1.54) is 0 Å². The summed E-state index contributed by atoms with van der Waals surface area (Å²) in [5.74, 6) is 0.364. The number of carbonyl (C=O) groups excluding carboxylic acids is 1. The number of rotatable bonds is 9. The highest BCUT2D eigenvalue weighted by molar-refractivity contribution is 7.91. The largest absolute Gasteiger partial charge is 0.484 e. The third-order valence-corrected chi connectivity index (χ3v) is 7.53. The van der Waals surface area contributed by atoms with Crippen LogP contribution in [0.15, 0.2) is 48.5 Å². The summed E-state index contributed by atoms with van der Waals surface area (Å²) in [6.07, 6.45) is 0.447. The predicted octanol–water partition coefficient (Wildman–Crippen LogP) is 3.78. The highest BCUT2D eigenvalue weighted by Gasteiger charge is 2.34. The molecule has 8 heteroatoms. The van der Waals surface area contributed by atoms with Gasteiger partial charge in [-0.15, -0.1) is 0 Å². The molecule has 0 N–H and O–H groups in total. The van der Waals surface area contributed by atoms with E-state index < -0.39 is 9.84 Å². The van der Waals surface area contributed by atoms with E-state index in [2.05, 4.69) is 18.7 Å². The molecule has 2 aromatic rings. The monoisotopic (exact) mass is 464 g/mol. The van der Waals surface area contributed by atoms with Gasteiger partial charge in [0.15, 0.2) is 16.4 Å². The summed E-state index contributed by atoms with van der Waals surface area (Å²) in [5.41, 5.74) is 2.08. The van der Waals surface area contributed by atoms with E-state index in [1.54, 1.807) is 29.2 Å². The molecule has 1 aliphatic rings. The Labute approximate surface area is 189 Å². The predicted molar refractivity (Wildman–Crippen MR) is 125 cm³/mol. The number of amides is 1. The molecule has 0 aliphatic carbocycles. The first-order chi connectivity index (χ1) is 14.8. The topological polar surface area (TPSA) is 66.9 Å². The fraction of sp³-hybridized carbons (Fsp3) is 0.435. The van der Waals surface area contributed by atoms with Crippen LogP contribution in [0.5, 0.6) is 5.75 Å². The lowest BCUT2D eigenvalue weighted by Gasteiger charge is -2.29. The quantitative estimate of drug-likeness (QED) is 0.565. The second-order valence-electron chi connectivity index (χ2n) is 7.66. The lowest BCUT2D eigenvalue weighted by molar-refractivity contribution is -0.136. The minimum absolute atomic E-state index is 0.00651. The summed E-state index contributed by atoms with van der Waals surface area (Å²) in [5, 5.41) is 0.525. The molecule has 1 saturated heterocycles. The van der Waals surface area contributed by atoms with Crippen LogP contribution in [0, 0.1) is 0 Å². The Morgan fingerprint density at radius 3 is 2.42 bits per heavy atom. The Hall–Kier alpha value is -2.25. The number of hydrogen-bond donors (Lipinski definition) is 0. The van der Waals surface area contributed by atoms with E-state index in [0.717, 1.165) is 24.3 Å². The van der Waals surface area contributed by atoms with Gasteiger partial charge < -0.3 is 14.5 Å². The third kappa shape index (κ3) is 6.37. The first-order valence-electron chi connectivity index (χ1n) is 10.5. The van der Waals surface area contributed by atoms with Gasteiger partial charge in [-0.05, 0) is 56.2 Å². The van der Waals surface area contributed by atoms with Crippen molar-refractivity contribution >= 4 is 33.0 Å². The highest BCUT2D eigenvalue weighted by Crippen LogP contribution is 2.23. The molecule has 1 atom stereocenters. The van der Waals surface area contributed by atoms with Crippen LogP contribution in [0.1, 0.15) is 25.8 Å². The summed E-state index contributed by atoms with van der Waals surface area (Å²) >= 11 is 5.98. The molecule has 0 saturated carbocycles. The molecule has 0 bridgehead atoms. The van der Waals surface area contributed by atoms with E-state index in [-0.39, 0.29) is 30.1 Å². The number of carbonyl (C=O) groups is 1. The molecule has 2 aromatic carbocycles. The van der Waals surface area contributed by atoms with Gasteiger partial charge in [0.1, 0.15) is 5.75 Å². The molecule has 1 amide bonds. The number of halogens is 1. The van der Waals surface area contributed by atoms with E-state index in [4.69, 9.17) is 16.3 Å². The van der Waals surface area contributed by atoms with Gasteiger partial charge in [-0.1, -0.05) is 29.8 Å². The number of anilines is 1. The first-order valence-corrected chi connectivity index (χ1v) is 12.7. The van der Waals surface area contributed by atoms with Crippen molar-refractivity contribution in [1.29, 1.82) is 0 Å². The fourth-order valence-corrected chi connectivity index (χ4v) is 5.74. The molecule has 1 unspecified atom stereocenters. The van der Waals surface area contributed by atoms with Gasteiger partial charge in [0.25, 0.3) is 5.91 Å². The van der Waals surface area contributed by atoms with Gasteiger partial charge in [-0.25, -0.2) is 8.42 Å². The number of hydrogen-bond acceptors (Lipinski definition) is 5. The van der Waals surface area contributed by atoms with Crippen molar-refractivity contribution in [2.45, 2.75) is 32.9 Å². The van der Waals surface area contributed by atoms with Crippen LogP contribution < -0.4 is 9.64 Å². The van der Waals surface area contributed by atoms with Crippen LogP contribution in [0.3, 0.4) is 0 Å². The van der Waals surface area contributed by atoms with E-state index >= 15 is 0 Å². The van der Waals surface area contributed by atoms with E-state index in [1.807, 2.05) is 24.3 Å². The molecule has 31 heavy (non-hydrogen) atoms. The lowest BCUT2D eigenvalue weighted by atomic mass is 10.1. The summed E-state index contributed by atoms with van der Waals surface area (Å²) in [6.45, 7) is 6.23. The molecule has 1 heterocycles. The Morgan fingerprint density at radius 1 is 1.13 bits per heavy atom. The zero-order chi connectivity index (χ0) is 22.4. The maximum absolute atomic E-state index is 13.0. The molecule has 0 radical (unpaired) electrons. The van der Waals surface area contributed by atoms with Gasteiger partial charge in [0.05, 0.1) is 11.5 Å². The van der Waals surface area contributed by atoms with Crippen LogP contribution in [0.4, 0.5) is 5.69 Å². The van der Waals surface area contributed by atoms with Gasteiger partial charge in [0.2, 0.25) is 0 Å². The lowest BCUT2D eigenvalue weighted by Crippen LogP contribution is -2.43. The summed E-state index contributed by atoms with van der Waals surface area (Å²) in [7, 11) is -3.12. The van der Waals surface area contributed by atoms with Crippen molar-refractivity contribution in [3.63, 3.8) is 0 Å². The summed E-state index contributed by atoms with van der Waals surface area (Å²) in [6, 6.07) is 14.6. The minimum atomic E-state index is -3.12. The van der Waals surface area contributed by atoms with Crippen LogP contribution in [-0.2, 0) is 21.2 Å². The molecule has 1 fully saturated rings. The van der Waals surface area contributed by atoms with Crippen molar-refractivity contribution in [1.82, 2.24) is 4.90 Å². The third-order valence-electron chi connectivity index (χ3n) is 5.55. The summed E-state index contributed by atoms with van der Waals surface area (Å²) in [4.78, 5) is 16.9. The van der Waals surface area contributed by atoms with E-state index in [0.29, 0.717) is 23.7 Å². The highest BCUT2D eigenvalue weighted by atomic mass is 35.5. The molecular formula is C23H29ClN2O4S. The van der Waals surface area contributed by atoms with Crippen LogP contribution in [-0.4, -0.2) is 56.5 Å². The van der Waals surface area contributed by atoms with Crippen LogP contribution in [0.25, 0.3) is 0 Å². The normalized spacial score (nSPS) is 17.3. The Balaban J connectivity index is 1.74. The molecular weight excluding hydrogens is 436 g/mol. The van der Waals surface area contributed by atoms with Crippen LogP contribution >= 0.6 is 11.6 Å². The Kier molecular flexibility index (Phi) is 7.84. The minimum Gasteiger partial charge on any atom is -0.484 e. The second-order valence-corrected chi connectivity index (χ2v) is 10.3. The number of benzene rings is 2. The standard InChI is InChI=1S/C23H29ClN2O4S/c1-3-25(4-2)20-10-8-18(9-11-20)15-26(21-12-13-31(28,29)17-21)23(27)16-30-22-7-5-6-19(24)14-22/h5-11,14,21H,3-4,12-13,15-17H2,1-2H3. The average Bonchev–Trinajstić information content (AvgIpc) is 3.11. The number of ether oxygens (including phenoxy) is 1. The second kappa shape index (κ2) is 10.4. The Bertz CT molecular complexity index is 991. The van der Waals surface area contributed by atoms with Crippen molar-refractivity contribution in [3.05, 3.63) is 59.1 Å². The van der Waals surface area contributed by atoms with Crippen molar-refractivity contribution in [3.8, 4) is 5.75 Å². The van der Waals surface area contributed by atoms with Gasteiger partial charge in [-0.2, -0.15) is 0 Å². The zero-order valence-corrected chi connectivity index (χ0v) is 19.5. The number of sulfone groups is 1. The average molecular weight is 465 g/mol. The molecule has 1 aliphatic heterocycles. The first kappa shape index (κ1) is 23.4. The summed E-state index contributed by atoms with van der Waals surface area (Å²) < 4.78 is 29.7. The fourth-order valence-electron chi connectivity index (χ4n) is 3.82.